The second kappa shape index (κ2) is 10.8. The van der Waals surface area contributed by atoms with Gasteiger partial charge in [-0.1, -0.05) is 12.0 Å². The number of nitrogens with zero attached hydrogens (tertiary/aromatic N) is 5. The Hall–Kier alpha value is -3.99. The van der Waals surface area contributed by atoms with E-state index in [-0.39, 0.29) is 49.8 Å². The van der Waals surface area contributed by atoms with Crippen LogP contribution >= 0.6 is 0 Å². The lowest BCUT2D eigenvalue weighted by Gasteiger charge is -2.48. The van der Waals surface area contributed by atoms with Crippen LogP contribution < -0.4 is 15.0 Å². The van der Waals surface area contributed by atoms with E-state index in [4.69, 9.17) is 11.2 Å². The van der Waals surface area contributed by atoms with Crippen molar-refractivity contribution >= 4 is 38.1 Å². The van der Waals surface area contributed by atoms with Gasteiger partial charge in [0.15, 0.2) is 16.5 Å². The van der Waals surface area contributed by atoms with Crippen molar-refractivity contribution in [2.75, 3.05) is 65.4 Å². The molecular weight excluding hydrogens is 614 g/mol. The number of halogens is 2. The zero-order chi connectivity index (χ0) is 32.6. The largest absolute Gasteiger partial charge is 0.508 e. The highest BCUT2D eigenvalue weighted by Crippen LogP contribution is 2.49. The minimum absolute atomic E-state index is 0.0837. The lowest BCUT2D eigenvalue weighted by Crippen LogP contribution is -2.58. The van der Waals surface area contributed by atoms with Crippen LogP contribution in [0.25, 0.3) is 22.3 Å². The Labute approximate surface area is 267 Å². The number of piperidine rings is 1. The first-order valence-electron chi connectivity index (χ1n) is 15.3. The van der Waals surface area contributed by atoms with Crippen LogP contribution in [0, 0.1) is 29.0 Å². The monoisotopic (exact) mass is 650 g/mol. The SMILES string of the molecule is C#Cc1c(F)ccc2cc(O)cc(C3=C(F)c4nc(OCC5(CN(C)C)CC5)nc(N5CCC6(CC5)CNC6)c4S(=O)(=O)N3C)c12. The molecule has 0 atom stereocenters. The predicted molar refractivity (Wildman–Crippen MR) is 171 cm³/mol. The number of phenolic OH excluding ortho intramolecular Hbond substituents is 1. The summed E-state index contributed by atoms with van der Waals surface area (Å²) in [6, 6.07) is 4.97. The fourth-order valence-electron chi connectivity index (χ4n) is 7.07. The highest BCUT2D eigenvalue weighted by atomic mass is 32.2. The first-order chi connectivity index (χ1) is 21.9. The van der Waals surface area contributed by atoms with Crippen molar-refractivity contribution in [2.24, 2.45) is 10.8 Å². The smallest absolute Gasteiger partial charge is 0.319 e. The Morgan fingerprint density at radius 2 is 1.85 bits per heavy atom. The van der Waals surface area contributed by atoms with Gasteiger partial charge in [-0.2, -0.15) is 9.97 Å². The lowest BCUT2D eigenvalue weighted by molar-refractivity contribution is 0.125. The minimum Gasteiger partial charge on any atom is -0.508 e. The number of aromatic nitrogens is 2. The van der Waals surface area contributed by atoms with Crippen LogP contribution in [0.4, 0.5) is 14.6 Å². The number of sulfonamides is 1. The molecule has 7 rings (SSSR count). The summed E-state index contributed by atoms with van der Waals surface area (Å²) in [6.07, 6.45) is 9.25. The summed E-state index contributed by atoms with van der Waals surface area (Å²) in [5.74, 6) is 0.410. The second-order valence-corrected chi connectivity index (χ2v) is 15.3. The third-order valence-corrected chi connectivity index (χ3v) is 11.7. The molecule has 10 nitrogen and oxygen atoms in total. The lowest BCUT2D eigenvalue weighted by atomic mass is 9.73. The molecule has 0 bridgehead atoms. The van der Waals surface area contributed by atoms with Gasteiger partial charge in [-0.3, -0.25) is 4.31 Å². The van der Waals surface area contributed by atoms with Crippen LogP contribution in [-0.2, 0) is 10.0 Å². The molecule has 1 aromatic heterocycles. The summed E-state index contributed by atoms with van der Waals surface area (Å²) >= 11 is 0. The number of ether oxygens (including phenoxy) is 1. The molecule has 3 aromatic rings. The molecule has 3 fully saturated rings. The minimum atomic E-state index is -4.46. The van der Waals surface area contributed by atoms with Crippen molar-refractivity contribution in [3.8, 4) is 24.1 Å². The maximum absolute atomic E-state index is 17.1. The first kappa shape index (κ1) is 30.7. The number of fused-ring (bicyclic) bond motifs is 2. The molecule has 0 unspecified atom stereocenters. The number of phenols is 1. The van der Waals surface area contributed by atoms with Crippen LogP contribution in [0.5, 0.6) is 11.8 Å². The summed E-state index contributed by atoms with van der Waals surface area (Å²) in [5, 5.41) is 14.3. The molecule has 0 amide bonds. The summed E-state index contributed by atoms with van der Waals surface area (Å²) in [7, 11) is 0.731. The Morgan fingerprint density at radius 1 is 1.13 bits per heavy atom. The number of rotatable bonds is 7. The van der Waals surface area contributed by atoms with E-state index >= 15 is 4.39 Å². The topological polar surface area (TPSA) is 111 Å². The van der Waals surface area contributed by atoms with Crippen LogP contribution in [-0.4, -0.2) is 93.2 Å². The fourth-order valence-corrected chi connectivity index (χ4v) is 8.55. The molecule has 2 N–H and O–H groups in total. The zero-order valence-electron chi connectivity index (χ0n) is 26.0. The van der Waals surface area contributed by atoms with Crippen molar-refractivity contribution in [2.45, 2.75) is 30.6 Å². The summed E-state index contributed by atoms with van der Waals surface area (Å²) in [5.41, 5.74) is -1.04. The highest BCUT2D eigenvalue weighted by molar-refractivity contribution is 7.89. The number of hydrogen-bond acceptors (Lipinski definition) is 9. The maximum Gasteiger partial charge on any atom is 0.319 e. The number of terminal acetylenes is 1. The van der Waals surface area contributed by atoms with Gasteiger partial charge in [0.2, 0.25) is 0 Å². The molecule has 4 aliphatic rings. The van der Waals surface area contributed by atoms with Gasteiger partial charge in [0.25, 0.3) is 10.0 Å². The van der Waals surface area contributed by atoms with Crippen LogP contribution in [0.1, 0.15) is 42.5 Å². The highest BCUT2D eigenvalue weighted by Gasteiger charge is 2.47. The molecule has 1 aliphatic carbocycles. The third-order valence-electron chi connectivity index (χ3n) is 9.87. The number of benzene rings is 2. The Kier molecular flexibility index (Phi) is 7.19. The quantitative estimate of drug-likeness (QED) is 0.369. The Morgan fingerprint density at radius 3 is 2.46 bits per heavy atom. The zero-order valence-corrected chi connectivity index (χ0v) is 26.8. The Bertz CT molecular complexity index is 1940. The van der Waals surface area contributed by atoms with E-state index in [2.05, 4.69) is 26.1 Å². The van der Waals surface area contributed by atoms with Crippen molar-refractivity contribution < 1.29 is 27.0 Å². The van der Waals surface area contributed by atoms with Crippen LogP contribution in [0.15, 0.2) is 29.2 Å². The molecule has 4 heterocycles. The number of anilines is 1. The average Bonchev–Trinajstić information content (AvgIpc) is 3.76. The number of aromatic hydroxyl groups is 1. The van der Waals surface area contributed by atoms with Crippen molar-refractivity contribution in [3.05, 3.63) is 46.9 Å². The van der Waals surface area contributed by atoms with Gasteiger partial charge in [-0.05, 0) is 68.8 Å². The molecule has 0 radical (unpaired) electrons. The van der Waals surface area contributed by atoms with Gasteiger partial charge < -0.3 is 25.0 Å². The maximum atomic E-state index is 17.1. The molecule has 2 aromatic carbocycles. The normalized spacial score (nSPS) is 20.9. The Balaban J connectivity index is 1.41. The van der Waals surface area contributed by atoms with Gasteiger partial charge in [0.05, 0.1) is 17.9 Å². The van der Waals surface area contributed by atoms with Crippen LogP contribution in [0.2, 0.25) is 0 Å². The standard InChI is InChI=1S/C33H36F2N6O4S/c1-5-22-24(34)7-6-20-14-21(42)15-23(25(20)22)28-26(35)27-29(46(43,44)40(28)4)30(41-12-10-32(11-13-41)16-36-17-32)38-31(37-27)45-19-33(8-9-33)18-39(2)3/h1,6-7,14-15,36,42H,8-13,16-19H2,2-4H3. The van der Waals surface area contributed by atoms with E-state index in [0.29, 0.717) is 25.1 Å². The fraction of sp³-hybridized carbons (Fsp3) is 0.455. The molecule has 3 aliphatic heterocycles. The summed E-state index contributed by atoms with van der Waals surface area (Å²) in [6.45, 7) is 3.98. The van der Waals surface area contributed by atoms with E-state index in [1.165, 1.54) is 25.2 Å². The van der Waals surface area contributed by atoms with Gasteiger partial charge in [0, 0.05) is 56.1 Å². The molecule has 2 saturated heterocycles. The van der Waals surface area contributed by atoms with Crippen molar-refractivity contribution in [1.29, 1.82) is 0 Å². The van der Waals surface area contributed by atoms with Gasteiger partial charge >= 0.3 is 6.01 Å². The molecule has 46 heavy (non-hydrogen) atoms. The first-order valence-corrected chi connectivity index (χ1v) is 16.8. The summed E-state index contributed by atoms with van der Waals surface area (Å²) in [4.78, 5) is 12.6. The van der Waals surface area contributed by atoms with E-state index in [9.17, 15) is 17.9 Å². The molecule has 242 valence electrons. The average molecular weight is 651 g/mol. The van der Waals surface area contributed by atoms with E-state index in [1.54, 1.807) is 0 Å². The summed E-state index contributed by atoms with van der Waals surface area (Å²) < 4.78 is 67.7. The molecule has 1 spiro atoms. The van der Waals surface area contributed by atoms with Gasteiger partial charge in [-0.15, -0.1) is 6.42 Å². The van der Waals surface area contributed by atoms with E-state index in [0.717, 1.165) is 55.7 Å². The van der Waals surface area contributed by atoms with Gasteiger partial charge in [-0.25, -0.2) is 17.2 Å². The van der Waals surface area contributed by atoms with Crippen molar-refractivity contribution in [1.82, 2.24) is 24.5 Å². The van der Waals surface area contributed by atoms with Crippen molar-refractivity contribution in [3.63, 3.8) is 0 Å². The number of nitrogens with one attached hydrogen (secondary N) is 1. The molecule has 1 saturated carbocycles. The predicted octanol–water partition coefficient (Wildman–Crippen LogP) is 3.80. The third kappa shape index (κ3) is 4.94. The molecular formula is C33H36F2N6O4S. The molecule has 13 heteroatoms. The van der Waals surface area contributed by atoms with E-state index < -0.39 is 33.1 Å². The second-order valence-electron chi connectivity index (χ2n) is 13.4. The number of hydrogen-bond donors (Lipinski definition) is 2. The van der Waals surface area contributed by atoms with Gasteiger partial charge in [0.1, 0.15) is 17.3 Å². The van der Waals surface area contributed by atoms with Crippen LogP contribution in [0.3, 0.4) is 0 Å². The van der Waals surface area contributed by atoms with E-state index in [1.807, 2.05) is 19.0 Å².